The first-order chi connectivity index (χ1) is 3.31. The summed E-state index contributed by atoms with van der Waals surface area (Å²) in [5.41, 5.74) is 9.77. The fraction of sp³-hybridized carbons (Fsp3) is 0. The van der Waals surface area contributed by atoms with Crippen LogP contribution in [0.5, 0.6) is 0 Å². The van der Waals surface area contributed by atoms with Crippen LogP contribution in [0.1, 0.15) is 0 Å². The van der Waals surface area contributed by atoms with Gasteiger partial charge in [0.05, 0.1) is 0 Å². The van der Waals surface area contributed by atoms with Crippen LogP contribution >= 0.6 is 0 Å². The van der Waals surface area contributed by atoms with E-state index < -0.39 is 0 Å². The Labute approximate surface area is 41.1 Å². The SMILES string of the molecule is N/C=C\C(N)=NO. The van der Waals surface area contributed by atoms with Crippen molar-refractivity contribution in [2.75, 3.05) is 0 Å². The number of rotatable bonds is 1. The molecule has 40 valence electrons. The third-order valence-electron chi connectivity index (χ3n) is 0.382. The van der Waals surface area contributed by atoms with Gasteiger partial charge in [0.1, 0.15) is 0 Å². The van der Waals surface area contributed by atoms with E-state index >= 15 is 0 Å². The van der Waals surface area contributed by atoms with Gasteiger partial charge in [0, 0.05) is 0 Å². The number of hydrogen-bond acceptors (Lipinski definition) is 3. The summed E-state index contributed by atoms with van der Waals surface area (Å²) < 4.78 is 0. The standard InChI is InChI=1S/C3H7N3O/c4-2-1-3(5)6-7/h1-2,7H,4H2,(H2,5,6)/b2-1-. The normalized spacial score (nSPS) is 12.9. The quantitative estimate of drug-likeness (QED) is 0.175. The highest BCUT2D eigenvalue weighted by Gasteiger charge is 1.75. The van der Waals surface area contributed by atoms with Gasteiger partial charge in [0.25, 0.3) is 0 Å². The van der Waals surface area contributed by atoms with Gasteiger partial charge in [0.2, 0.25) is 0 Å². The Hall–Kier alpha value is -1.19. The smallest absolute Gasteiger partial charge is 0.164 e. The van der Waals surface area contributed by atoms with Gasteiger partial charge in [-0.15, -0.1) is 0 Å². The van der Waals surface area contributed by atoms with Gasteiger partial charge in [-0.25, -0.2) is 0 Å². The number of nitrogens with two attached hydrogens (primary N) is 2. The fourth-order valence-corrected chi connectivity index (χ4v) is 0.132. The molecule has 0 radical (unpaired) electrons. The minimum atomic E-state index is 0.00231. The molecule has 0 aliphatic rings. The molecule has 4 nitrogen and oxygen atoms in total. The lowest BCUT2D eigenvalue weighted by atomic mass is 10.6. The highest BCUT2D eigenvalue weighted by Crippen LogP contribution is 1.63. The van der Waals surface area contributed by atoms with E-state index in [1.54, 1.807) is 0 Å². The Bertz CT molecular complexity index is 96.4. The minimum absolute atomic E-state index is 0.00231. The number of amidine groups is 1. The zero-order valence-corrected chi connectivity index (χ0v) is 3.70. The molecule has 0 aromatic carbocycles. The first-order valence-electron chi connectivity index (χ1n) is 1.67. The van der Waals surface area contributed by atoms with Crippen LogP contribution in [0.2, 0.25) is 0 Å². The Morgan fingerprint density at radius 3 is 2.43 bits per heavy atom. The molecule has 0 heterocycles. The van der Waals surface area contributed by atoms with Crippen molar-refractivity contribution in [3.05, 3.63) is 12.3 Å². The molecule has 5 N–H and O–H groups in total. The van der Waals surface area contributed by atoms with E-state index in [9.17, 15) is 0 Å². The summed E-state index contributed by atoms with van der Waals surface area (Å²) in [5.74, 6) is 0.00231. The highest BCUT2D eigenvalue weighted by atomic mass is 16.4. The predicted molar refractivity (Wildman–Crippen MR) is 26.7 cm³/mol. The van der Waals surface area contributed by atoms with Gasteiger partial charge < -0.3 is 16.7 Å². The van der Waals surface area contributed by atoms with E-state index in [-0.39, 0.29) is 5.84 Å². The largest absolute Gasteiger partial charge is 0.409 e. The maximum atomic E-state index is 7.82. The van der Waals surface area contributed by atoms with E-state index in [0.29, 0.717) is 0 Å². The summed E-state index contributed by atoms with van der Waals surface area (Å²) in [6.07, 6.45) is 2.47. The Kier molecular flexibility index (Phi) is 2.50. The number of hydrogen-bond donors (Lipinski definition) is 3. The van der Waals surface area contributed by atoms with E-state index in [1.165, 1.54) is 12.3 Å². The monoisotopic (exact) mass is 101 g/mol. The molecular weight excluding hydrogens is 94.1 g/mol. The Balaban J connectivity index is 3.58. The molecule has 0 aromatic rings. The van der Waals surface area contributed by atoms with Crippen molar-refractivity contribution < 1.29 is 5.21 Å². The second-order valence-corrected chi connectivity index (χ2v) is 0.884. The third kappa shape index (κ3) is 2.62. The van der Waals surface area contributed by atoms with Crippen molar-refractivity contribution in [3.8, 4) is 0 Å². The van der Waals surface area contributed by atoms with E-state index in [0.717, 1.165) is 0 Å². The summed E-state index contributed by atoms with van der Waals surface area (Å²) >= 11 is 0. The first-order valence-corrected chi connectivity index (χ1v) is 1.67. The molecule has 0 unspecified atom stereocenters. The van der Waals surface area contributed by atoms with Gasteiger partial charge in [-0.3, -0.25) is 0 Å². The van der Waals surface area contributed by atoms with Crippen LogP contribution in [-0.4, -0.2) is 11.0 Å². The lowest BCUT2D eigenvalue weighted by Crippen LogP contribution is -2.07. The molecule has 7 heavy (non-hydrogen) atoms. The van der Waals surface area contributed by atoms with E-state index in [2.05, 4.69) is 5.16 Å². The van der Waals surface area contributed by atoms with Crippen molar-refractivity contribution in [1.29, 1.82) is 0 Å². The summed E-state index contributed by atoms with van der Waals surface area (Å²) in [4.78, 5) is 0. The van der Waals surface area contributed by atoms with Crippen molar-refractivity contribution in [2.24, 2.45) is 16.6 Å². The lowest BCUT2D eigenvalue weighted by molar-refractivity contribution is 0.319. The number of nitrogens with zero attached hydrogens (tertiary/aromatic N) is 1. The van der Waals surface area contributed by atoms with Crippen LogP contribution in [0.4, 0.5) is 0 Å². The first kappa shape index (κ1) is 5.81. The molecule has 0 rings (SSSR count). The Morgan fingerprint density at radius 1 is 1.71 bits per heavy atom. The highest BCUT2D eigenvalue weighted by molar-refractivity contribution is 5.90. The van der Waals surface area contributed by atoms with Crippen LogP contribution in [0.25, 0.3) is 0 Å². The van der Waals surface area contributed by atoms with Crippen LogP contribution in [-0.2, 0) is 0 Å². The van der Waals surface area contributed by atoms with Crippen molar-refractivity contribution in [1.82, 2.24) is 0 Å². The Morgan fingerprint density at radius 2 is 2.29 bits per heavy atom. The second kappa shape index (κ2) is 3.02. The van der Waals surface area contributed by atoms with Crippen LogP contribution in [0.3, 0.4) is 0 Å². The van der Waals surface area contributed by atoms with Crippen LogP contribution < -0.4 is 11.5 Å². The topological polar surface area (TPSA) is 84.6 Å². The van der Waals surface area contributed by atoms with Crippen LogP contribution in [0.15, 0.2) is 17.4 Å². The molecule has 0 amide bonds. The molecule has 0 atom stereocenters. The zero-order chi connectivity index (χ0) is 5.70. The summed E-state index contributed by atoms with van der Waals surface area (Å²) in [6, 6.07) is 0. The average molecular weight is 101 g/mol. The van der Waals surface area contributed by atoms with Gasteiger partial charge >= 0.3 is 0 Å². The molecule has 0 saturated heterocycles. The molecular formula is C3H7N3O. The average Bonchev–Trinajstić information content (AvgIpc) is 1.68. The van der Waals surface area contributed by atoms with Crippen molar-refractivity contribution >= 4 is 5.84 Å². The van der Waals surface area contributed by atoms with Gasteiger partial charge in [-0.05, 0) is 12.3 Å². The maximum Gasteiger partial charge on any atom is 0.164 e. The van der Waals surface area contributed by atoms with Gasteiger partial charge in [-0.1, -0.05) is 5.16 Å². The molecule has 0 aromatic heterocycles. The molecule has 4 heteroatoms. The summed E-state index contributed by atoms with van der Waals surface area (Å²) in [5, 5.41) is 10.4. The second-order valence-electron chi connectivity index (χ2n) is 0.884. The van der Waals surface area contributed by atoms with Crippen LogP contribution in [0, 0.1) is 0 Å². The van der Waals surface area contributed by atoms with Gasteiger partial charge in [-0.2, -0.15) is 0 Å². The predicted octanol–water partition coefficient (Wildman–Crippen LogP) is -0.795. The van der Waals surface area contributed by atoms with Crippen molar-refractivity contribution in [2.45, 2.75) is 0 Å². The number of oxime groups is 1. The molecule has 0 spiro atoms. The lowest BCUT2D eigenvalue weighted by Gasteiger charge is -1.79. The zero-order valence-electron chi connectivity index (χ0n) is 3.70. The van der Waals surface area contributed by atoms with Crippen molar-refractivity contribution in [3.63, 3.8) is 0 Å². The van der Waals surface area contributed by atoms with E-state index in [1.807, 2.05) is 0 Å². The fourth-order valence-electron chi connectivity index (χ4n) is 0.132. The minimum Gasteiger partial charge on any atom is -0.409 e. The third-order valence-corrected chi connectivity index (χ3v) is 0.382. The maximum absolute atomic E-state index is 7.82. The molecule has 0 aliphatic heterocycles. The summed E-state index contributed by atoms with van der Waals surface area (Å²) in [7, 11) is 0. The molecule has 0 aliphatic carbocycles. The summed E-state index contributed by atoms with van der Waals surface area (Å²) in [6.45, 7) is 0. The molecule has 0 fully saturated rings. The van der Waals surface area contributed by atoms with Gasteiger partial charge in [0.15, 0.2) is 5.84 Å². The van der Waals surface area contributed by atoms with E-state index in [4.69, 9.17) is 16.7 Å². The molecule has 0 saturated carbocycles. The molecule has 0 bridgehead atoms.